The molecular weight excluding hydrogens is 368 g/mol. The molecule has 1 N–H and O–H groups in total. The molecular formula is C24H28O5. The number of esters is 1. The molecule has 0 aliphatic heterocycles. The average molecular weight is 396 g/mol. The molecule has 0 fully saturated rings. The zero-order valence-corrected chi connectivity index (χ0v) is 16.8. The Labute approximate surface area is 172 Å². The molecule has 0 radical (unpaired) electrons. The number of rotatable bonds is 10. The van der Waals surface area contributed by atoms with Gasteiger partial charge in [0.15, 0.2) is 0 Å². The molecule has 2 aromatic rings. The van der Waals surface area contributed by atoms with Crippen LogP contribution in [-0.2, 0) is 22.7 Å². The second kappa shape index (κ2) is 13.8. The largest absolute Gasteiger partial charge is 0.489 e. The smallest absolute Gasteiger partial charge is 0.333 e. The average Bonchev–Trinajstić information content (AvgIpc) is 2.75. The third-order valence-corrected chi connectivity index (χ3v) is 3.54. The highest BCUT2D eigenvalue weighted by Gasteiger charge is 2.07. The molecule has 0 aliphatic carbocycles. The molecule has 2 aromatic carbocycles. The fourth-order valence-electron chi connectivity index (χ4n) is 2.10. The number of ether oxygens (including phenoxy) is 3. The highest BCUT2D eigenvalue weighted by molar-refractivity contribution is 5.86. The van der Waals surface area contributed by atoms with Crippen molar-refractivity contribution in [3.8, 4) is 11.5 Å². The topological polar surface area (TPSA) is 65.0 Å². The summed E-state index contributed by atoms with van der Waals surface area (Å²) < 4.78 is 15.8. The highest BCUT2D eigenvalue weighted by atomic mass is 16.5. The lowest BCUT2D eigenvalue weighted by Crippen LogP contribution is -2.06. The van der Waals surface area contributed by atoms with Gasteiger partial charge in [-0.1, -0.05) is 68.3 Å². The molecule has 0 aliphatic rings. The maximum Gasteiger partial charge on any atom is 0.333 e. The Morgan fingerprint density at radius 3 is 1.90 bits per heavy atom. The van der Waals surface area contributed by atoms with Crippen molar-refractivity contribution in [2.75, 3.05) is 13.2 Å². The van der Waals surface area contributed by atoms with Gasteiger partial charge in [-0.05, 0) is 19.1 Å². The fourth-order valence-corrected chi connectivity index (χ4v) is 2.10. The van der Waals surface area contributed by atoms with E-state index in [0.717, 1.165) is 16.9 Å². The summed E-state index contributed by atoms with van der Waals surface area (Å²) in [5.41, 5.74) is 2.01. The molecule has 0 unspecified atom stereocenters. The highest BCUT2D eigenvalue weighted by Crippen LogP contribution is 2.19. The van der Waals surface area contributed by atoms with E-state index in [1.165, 1.54) is 0 Å². The minimum Gasteiger partial charge on any atom is -0.489 e. The molecule has 2 rings (SSSR count). The lowest BCUT2D eigenvalue weighted by atomic mass is 10.2. The SMILES string of the molecule is C=CCOc1ccccc1CO.C=CCOc1ccccc1COC(=O)C(=C)C. The zero-order chi connectivity index (χ0) is 21.5. The van der Waals surface area contributed by atoms with Gasteiger partial charge >= 0.3 is 5.97 Å². The van der Waals surface area contributed by atoms with Crippen LogP contribution < -0.4 is 9.47 Å². The Balaban J connectivity index is 0.000000308. The number of hydrogen-bond donors (Lipinski definition) is 1. The molecule has 29 heavy (non-hydrogen) atoms. The maximum absolute atomic E-state index is 11.3. The minimum atomic E-state index is -0.400. The van der Waals surface area contributed by atoms with Crippen LogP contribution in [0.2, 0.25) is 0 Å². The van der Waals surface area contributed by atoms with Crippen LogP contribution in [0.4, 0.5) is 0 Å². The summed E-state index contributed by atoms with van der Waals surface area (Å²) in [5.74, 6) is 1.02. The summed E-state index contributed by atoms with van der Waals surface area (Å²) in [4.78, 5) is 11.3. The van der Waals surface area contributed by atoms with Gasteiger partial charge in [0.1, 0.15) is 31.3 Å². The molecule has 0 atom stereocenters. The summed E-state index contributed by atoms with van der Waals surface area (Å²) in [6, 6.07) is 14.8. The molecule has 0 saturated heterocycles. The Morgan fingerprint density at radius 2 is 1.41 bits per heavy atom. The lowest BCUT2D eigenvalue weighted by Gasteiger charge is -2.10. The van der Waals surface area contributed by atoms with Crippen molar-refractivity contribution in [3.05, 3.63) is 97.1 Å². The molecule has 0 aromatic heterocycles. The van der Waals surface area contributed by atoms with E-state index in [4.69, 9.17) is 19.3 Å². The van der Waals surface area contributed by atoms with Gasteiger partial charge in [0.05, 0.1) is 6.61 Å². The molecule has 154 valence electrons. The minimum absolute atomic E-state index is 0.00726. The number of benzene rings is 2. The second-order valence-electron chi connectivity index (χ2n) is 5.93. The molecule has 0 heterocycles. The number of aliphatic hydroxyl groups excluding tert-OH is 1. The summed E-state index contributed by atoms with van der Waals surface area (Å²) in [6.07, 6.45) is 3.34. The van der Waals surface area contributed by atoms with Gasteiger partial charge in [-0.3, -0.25) is 0 Å². The van der Waals surface area contributed by atoms with Crippen LogP contribution in [0.15, 0.2) is 86.0 Å². The van der Waals surface area contributed by atoms with Crippen LogP contribution in [-0.4, -0.2) is 24.3 Å². The van der Waals surface area contributed by atoms with Gasteiger partial charge in [0, 0.05) is 16.7 Å². The van der Waals surface area contributed by atoms with E-state index in [1.807, 2.05) is 48.5 Å². The van der Waals surface area contributed by atoms with Crippen LogP contribution >= 0.6 is 0 Å². The van der Waals surface area contributed by atoms with E-state index in [2.05, 4.69) is 19.7 Å². The predicted octanol–water partition coefficient (Wildman–Crippen LogP) is 4.61. The van der Waals surface area contributed by atoms with Gasteiger partial charge < -0.3 is 19.3 Å². The van der Waals surface area contributed by atoms with E-state index >= 15 is 0 Å². The van der Waals surface area contributed by atoms with Crippen LogP contribution in [0, 0.1) is 0 Å². The number of carbonyl (C=O) groups excluding carboxylic acids is 1. The predicted molar refractivity (Wildman–Crippen MR) is 115 cm³/mol. The van der Waals surface area contributed by atoms with Crippen LogP contribution in [0.3, 0.4) is 0 Å². The Kier molecular flexibility index (Phi) is 11.3. The van der Waals surface area contributed by atoms with Crippen LogP contribution in [0.5, 0.6) is 11.5 Å². The second-order valence-corrected chi connectivity index (χ2v) is 5.93. The first-order chi connectivity index (χ1) is 14.0. The van der Waals surface area contributed by atoms with Crippen molar-refractivity contribution >= 4 is 5.97 Å². The van der Waals surface area contributed by atoms with Gasteiger partial charge in [0.2, 0.25) is 0 Å². The summed E-state index contributed by atoms with van der Waals surface area (Å²) in [5, 5.41) is 8.91. The number of hydrogen-bond acceptors (Lipinski definition) is 5. The van der Waals surface area contributed by atoms with Gasteiger partial charge in [-0.15, -0.1) is 0 Å². The number of aliphatic hydroxyl groups is 1. The molecule has 5 heteroatoms. The number of para-hydroxylation sites is 2. The van der Waals surface area contributed by atoms with Crippen molar-refractivity contribution in [2.24, 2.45) is 0 Å². The third kappa shape index (κ3) is 8.95. The molecule has 0 amide bonds. The first-order valence-electron chi connectivity index (χ1n) is 9.10. The van der Waals surface area contributed by atoms with Crippen molar-refractivity contribution in [3.63, 3.8) is 0 Å². The normalized spacial score (nSPS) is 9.45. The Morgan fingerprint density at radius 1 is 0.931 bits per heavy atom. The lowest BCUT2D eigenvalue weighted by molar-refractivity contribution is -0.140. The molecule has 0 spiro atoms. The van der Waals surface area contributed by atoms with E-state index < -0.39 is 5.97 Å². The quantitative estimate of drug-likeness (QED) is 0.361. The van der Waals surface area contributed by atoms with Crippen molar-refractivity contribution in [2.45, 2.75) is 20.1 Å². The van der Waals surface area contributed by atoms with Gasteiger partial charge in [0.25, 0.3) is 0 Å². The summed E-state index contributed by atoms with van der Waals surface area (Å²) in [7, 11) is 0. The summed E-state index contributed by atoms with van der Waals surface area (Å²) in [6.45, 7) is 13.3. The zero-order valence-electron chi connectivity index (χ0n) is 16.8. The van der Waals surface area contributed by atoms with Crippen molar-refractivity contribution in [1.29, 1.82) is 0 Å². The third-order valence-electron chi connectivity index (χ3n) is 3.54. The Hall–Kier alpha value is -3.31. The first kappa shape index (κ1) is 23.7. The molecule has 0 saturated carbocycles. The van der Waals surface area contributed by atoms with Crippen molar-refractivity contribution < 1.29 is 24.1 Å². The summed E-state index contributed by atoms with van der Waals surface area (Å²) >= 11 is 0. The van der Waals surface area contributed by atoms with Gasteiger partial charge in [-0.25, -0.2) is 4.79 Å². The fraction of sp³-hybridized carbons (Fsp3) is 0.208. The van der Waals surface area contributed by atoms with Crippen LogP contribution in [0.1, 0.15) is 18.1 Å². The van der Waals surface area contributed by atoms with Crippen LogP contribution in [0.25, 0.3) is 0 Å². The maximum atomic E-state index is 11.3. The molecule has 5 nitrogen and oxygen atoms in total. The van der Waals surface area contributed by atoms with Crippen molar-refractivity contribution in [1.82, 2.24) is 0 Å². The van der Waals surface area contributed by atoms with E-state index in [1.54, 1.807) is 19.1 Å². The van der Waals surface area contributed by atoms with E-state index in [0.29, 0.717) is 24.5 Å². The van der Waals surface area contributed by atoms with Gasteiger partial charge in [-0.2, -0.15) is 0 Å². The first-order valence-corrected chi connectivity index (χ1v) is 9.10. The monoisotopic (exact) mass is 396 g/mol. The molecule has 0 bridgehead atoms. The van der Waals surface area contributed by atoms with E-state index in [9.17, 15) is 4.79 Å². The number of carbonyl (C=O) groups is 1. The van der Waals surface area contributed by atoms with E-state index in [-0.39, 0.29) is 13.2 Å². The standard InChI is InChI=1S/C14H16O3.C10H12O2/c1-4-9-16-13-8-6-5-7-12(13)10-17-14(15)11(2)3;1-2-7-12-10-6-4-3-5-9(10)8-11/h4-8H,1-2,9-10H2,3H3;2-6,11H,1,7-8H2. The Bertz CT molecular complexity index is 810.